The lowest BCUT2D eigenvalue weighted by molar-refractivity contribution is 0.745. The van der Waals surface area contributed by atoms with Crippen molar-refractivity contribution >= 4 is 11.6 Å². The van der Waals surface area contributed by atoms with Gasteiger partial charge in [-0.25, -0.2) is 0 Å². The zero-order chi connectivity index (χ0) is 7.84. The summed E-state index contributed by atoms with van der Waals surface area (Å²) >= 11 is 5.89. The Labute approximate surface area is 70.2 Å². The van der Waals surface area contributed by atoms with E-state index >= 15 is 0 Å². The van der Waals surface area contributed by atoms with E-state index in [9.17, 15) is 0 Å². The van der Waals surface area contributed by atoms with Crippen molar-refractivity contribution in [2.75, 3.05) is 0 Å². The number of hydrogen-bond donors (Lipinski definition) is 0. The first-order valence-corrected chi connectivity index (χ1v) is 3.87. The number of nitriles is 1. The Hall–Kier alpha value is -1.00. The molecule has 0 radical (unpaired) electrons. The number of rotatable bonds is 0. The van der Waals surface area contributed by atoms with E-state index in [4.69, 9.17) is 16.9 Å². The largest absolute Gasteiger partial charge is 0.198 e. The average Bonchev–Trinajstić information content (AvgIpc) is 1.93. The minimum absolute atomic E-state index is 0.0405. The molecule has 1 aromatic carbocycles. The second-order valence-corrected chi connectivity index (χ2v) is 3.11. The molecule has 1 nitrogen and oxygen atoms in total. The fourth-order valence-corrected chi connectivity index (χ4v) is 1.78. The van der Waals surface area contributed by atoms with Gasteiger partial charge < -0.3 is 0 Å². The normalized spacial score (nSPS) is 19.8. The van der Waals surface area contributed by atoms with Crippen molar-refractivity contribution < 1.29 is 0 Å². The fraction of sp³-hybridized carbons (Fsp3) is 0.222. The lowest BCUT2D eigenvalue weighted by Gasteiger charge is -2.25. The minimum Gasteiger partial charge on any atom is -0.198 e. The van der Waals surface area contributed by atoms with E-state index in [1.165, 1.54) is 5.56 Å². The standard InChI is InChI=1S/C9H6ClN/c10-8-3-1-2-6-4-7(5-11)9(6)8/h1-3,7H,4H2. The van der Waals surface area contributed by atoms with Gasteiger partial charge in [-0.1, -0.05) is 23.7 Å². The highest BCUT2D eigenvalue weighted by molar-refractivity contribution is 6.31. The lowest BCUT2D eigenvalue weighted by atomic mass is 9.78. The average molecular weight is 164 g/mol. The highest BCUT2D eigenvalue weighted by Crippen LogP contribution is 2.39. The van der Waals surface area contributed by atoms with Crippen LogP contribution in [0.15, 0.2) is 18.2 Å². The summed E-state index contributed by atoms with van der Waals surface area (Å²) < 4.78 is 0. The summed E-state index contributed by atoms with van der Waals surface area (Å²) in [6.07, 6.45) is 0.867. The van der Waals surface area contributed by atoms with Gasteiger partial charge >= 0.3 is 0 Å². The predicted octanol–water partition coefficient (Wildman–Crippen LogP) is 2.50. The molecular formula is C9H6ClN. The summed E-state index contributed by atoms with van der Waals surface area (Å²) in [6, 6.07) is 8.00. The third kappa shape index (κ3) is 0.834. The SMILES string of the molecule is N#CC1Cc2cccc(Cl)c21. The van der Waals surface area contributed by atoms with Crippen molar-refractivity contribution in [3.05, 3.63) is 34.3 Å². The first-order valence-electron chi connectivity index (χ1n) is 3.50. The lowest BCUT2D eigenvalue weighted by Crippen LogP contribution is -2.15. The molecule has 0 aliphatic heterocycles. The highest BCUT2D eigenvalue weighted by Gasteiger charge is 2.27. The minimum atomic E-state index is 0.0405. The van der Waals surface area contributed by atoms with E-state index in [0.29, 0.717) is 0 Å². The van der Waals surface area contributed by atoms with Crippen LogP contribution in [0.2, 0.25) is 5.02 Å². The summed E-state index contributed by atoms with van der Waals surface area (Å²) in [5, 5.41) is 9.38. The van der Waals surface area contributed by atoms with Gasteiger partial charge in [0.15, 0.2) is 0 Å². The first-order chi connectivity index (χ1) is 5.33. The van der Waals surface area contributed by atoms with Crippen LogP contribution in [0.1, 0.15) is 17.0 Å². The monoisotopic (exact) mass is 163 g/mol. The molecular weight excluding hydrogens is 158 g/mol. The van der Waals surface area contributed by atoms with Crippen LogP contribution in [-0.4, -0.2) is 0 Å². The van der Waals surface area contributed by atoms with Gasteiger partial charge in [0, 0.05) is 5.02 Å². The van der Waals surface area contributed by atoms with Crippen LogP contribution >= 0.6 is 11.6 Å². The molecule has 0 saturated carbocycles. The van der Waals surface area contributed by atoms with Gasteiger partial charge in [-0.05, 0) is 23.6 Å². The smallest absolute Gasteiger partial charge is 0.0770 e. The van der Waals surface area contributed by atoms with Crippen LogP contribution in [0.4, 0.5) is 0 Å². The zero-order valence-corrected chi connectivity index (χ0v) is 6.60. The van der Waals surface area contributed by atoms with Gasteiger partial charge in [-0.15, -0.1) is 0 Å². The highest BCUT2D eigenvalue weighted by atomic mass is 35.5. The van der Waals surface area contributed by atoms with Crippen molar-refractivity contribution in [3.63, 3.8) is 0 Å². The molecule has 1 aliphatic rings. The fourth-order valence-electron chi connectivity index (χ4n) is 1.45. The zero-order valence-electron chi connectivity index (χ0n) is 5.84. The number of hydrogen-bond acceptors (Lipinski definition) is 1. The third-order valence-electron chi connectivity index (χ3n) is 2.07. The van der Waals surface area contributed by atoms with Gasteiger partial charge in [0.25, 0.3) is 0 Å². The molecule has 54 valence electrons. The van der Waals surface area contributed by atoms with E-state index in [2.05, 4.69) is 6.07 Å². The maximum Gasteiger partial charge on any atom is 0.0770 e. The summed E-state index contributed by atoms with van der Waals surface area (Å²) in [4.78, 5) is 0. The topological polar surface area (TPSA) is 23.8 Å². The molecule has 0 amide bonds. The van der Waals surface area contributed by atoms with Gasteiger partial charge in [-0.2, -0.15) is 5.26 Å². The van der Waals surface area contributed by atoms with E-state index in [-0.39, 0.29) is 5.92 Å². The summed E-state index contributed by atoms with van der Waals surface area (Å²) in [6.45, 7) is 0. The first kappa shape index (κ1) is 6.69. The molecule has 2 rings (SSSR count). The maximum absolute atomic E-state index is 8.65. The van der Waals surface area contributed by atoms with Crippen molar-refractivity contribution in [3.8, 4) is 6.07 Å². The Morgan fingerprint density at radius 3 is 3.00 bits per heavy atom. The summed E-state index contributed by atoms with van der Waals surface area (Å²) in [5.41, 5.74) is 2.26. The summed E-state index contributed by atoms with van der Waals surface area (Å²) in [7, 11) is 0. The van der Waals surface area contributed by atoms with Crippen LogP contribution in [-0.2, 0) is 6.42 Å². The molecule has 0 fully saturated rings. The molecule has 1 aromatic rings. The van der Waals surface area contributed by atoms with E-state index in [0.717, 1.165) is 17.0 Å². The van der Waals surface area contributed by atoms with Gasteiger partial charge in [0.2, 0.25) is 0 Å². The van der Waals surface area contributed by atoms with E-state index in [1.54, 1.807) is 0 Å². The van der Waals surface area contributed by atoms with Gasteiger partial charge in [0.05, 0.1) is 12.0 Å². The Kier molecular flexibility index (Phi) is 1.37. The van der Waals surface area contributed by atoms with Gasteiger partial charge in [0.1, 0.15) is 0 Å². The number of nitrogens with zero attached hydrogens (tertiary/aromatic N) is 1. The molecule has 0 spiro atoms. The Morgan fingerprint density at radius 2 is 2.36 bits per heavy atom. The number of halogens is 1. The molecule has 11 heavy (non-hydrogen) atoms. The molecule has 0 bridgehead atoms. The number of benzene rings is 1. The molecule has 2 heteroatoms. The Bertz CT molecular complexity index is 324. The van der Waals surface area contributed by atoms with Crippen molar-refractivity contribution in [2.45, 2.75) is 12.3 Å². The molecule has 1 aliphatic carbocycles. The second kappa shape index (κ2) is 2.25. The van der Waals surface area contributed by atoms with Crippen molar-refractivity contribution in [1.82, 2.24) is 0 Å². The predicted molar refractivity (Wildman–Crippen MR) is 43.5 cm³/mol. The van der Waals surface area contributed by atoms with Crippen LogP contribution in [0, 0.1) is 11.3 Å². The van der Waals surface area contributed by atoms with Crippen molar-refractivity contribution in [2.24, 2.45) is 0 Å². The number of fused-ring (bicyclic) bond motifs is 1. The maximum atomic E-state index is 8.65. The van der Waals surface area contributed by atoms with Crippen LogP contribution in [0.25, 0.3) is 0 Å². The Balaban J connectivity index is 2.53. The Morgan fingerprint density at radius 1 is 1.55 bits per heavy atom. The third-order valence-corrected chi connectivity index (χ3v) is 2.40. The van der Waals surface area contributed by atoms with Crippen molar-refractivity contribution in [1.29, 1.82) is 5.26 Å². The van der Waals surface area contributed by atoms with Gasteiger partial charge in [-0.3, -0.25) is 0 Å². The molecule has 0 aromatic heterocycles. The second-order valence-electron chi connectivity index (χ2n) is 2.70. The van der Waals surface area contributed by atoms with Crippen LogP contribution < -0.4 is 0 Å². The summed E-state index contributed by atoms with van der Waals surface area (Å²) in [5.74, 6) is 0.0405. The molecule has 1 atom stereocenters. The van der Waals surface area contributed by atoms with Crippen LogP contribution in [0.3, 0.4) is 0 Å². The molecule has 0 heterocycles. The molecule has 0 N–H and O–H groups in total. The van der Waals surface area contributed by atoms with E-state index < -0.39 is 0 Å². The van der Waals surface area contributed by atoms with Crippen LogP contribution in [0.5, 0.6) is 0 Å². The quantitative estimate of drug-likeness (QED) is 0.577. The molecule has 0 saturated heterocycles. The van der Waals surface area contributed by atoms with E-state index in [1.807, 2.05) is 18.2 Å². The molecule has 1 unspecified atom stereocenters.